The van der Waals surface area contributed by atoms with Crippen molar-refractivity contribution in [3.05, 3.63) is 48.8 Å². The highest BCUT2D eigenvalue weighted by Gasteiger charge is 1.95. The number of aromatic nitrogens is 2. The first-order chi connectivity index (χ1) is 11.0. The molecule has 0 N–H and O–H groups in total. The molecule has 2 aliphatic rings. The first-order valence-corrected chi connectivity index (χ1v) is 6.99. The Bertz CT molecular complexity index is 508. The predicted molar refractivity (Wildman–Crippen MR) is 86.1 cm³/mol. The topological polar surface area (TPSA) is 69.0 Å². The minimum Gasteiger partial charge on any atom is -0.482 e. The van der Waals surface area contributed by atoms with Crippen molar-refractivity contribution in [1.82, 2.24) is 9.97 Å². The summed E-state index contributed by atoms with van der Waals surface area (Å²) in [5.74, 6) is 0. The van der Waals surface area contributed by atoms with Crippen molar-refractivity contribution in [2.75, 3.05) is 26.3 Å². The van der Waals surface area contributed by atoms with Gasteiger partial charge in [0.15, 0.2) is 12.8 Å². The van der Waals surface area contributed by atoms with Crippen LogP contribution in [0.1, 0.15) is 0 Å². The fourth-order valence-electron chi connectivity index (χ4n) is 1.56. The summed E-state index contributed by atoms with van der Waals surface area (Å²) in [4.78, 5) is 15.8. The molecule has 22 heavy (non-hydrogen) atoms. The van der Waals surface area contributed by atoms with Gasteiger partial charge in [-0.25, -0.2) is 0 Å². The maximum atomic E-state index is 4.65. The highest BCUT2D eigenvalue weighted by atomic mass is 16.5. The van der Waals surface area contributed by atoms with Crippen molar-refractivity contribution in [1.29, 1.82) is 0 Å². The maximum Gasteiger partial charge on any atom is 0.169 e. The molecule has 0 aliphatic carbocycles. The van der Waals surface area contributed by atoms with Crippen molar-refractivity contribution >= 4 is 12.8 Å². The van der Waals surface area contributed by atoms with Crippen molar-refractivity contribution in [3.8, 4) is 11.4 Å². The molecule has 0 unspecified atom stereocenters. The van der Waals surface area contributed by atoms with Gasteiger partial charge in [0.1, 0.15) is 13.2 Å². The predicted octanol–water partition coefficient (Wildman–Crippen LogP) is 2.23. The molecule has 0 saturated carbocycles. The first-order valence-electron chi connectivity index (χ1n) is 6.99. The number of nitrogens with zero attached hydrogens (tertiary/aromatic N) is 4. The summed E-state index contributed by atoms with van der Waals surface area (Å²) in [5, 5.41) is 0. The van der Waals surface area contributed by atoms with E-state index in [9.17, 15) is 0 Å². The van der Waals surface area contributed by atoms with Crippen LogP contribution < -0.4 is 0 Å². The van der Waals surface area contributed by atoms with Crippen LogP contribution >= 0.6 is 0 Å². The van der Waals surface area contributed by atoms with Gasteiger partial charge >= 0.3 is 0 Å². The van der Waals surface area contributed by atoms with E-state index in [4.69, 9.17) is 0 Å². The zero-order valence-electron chi connectivity index (χ0n) is 12.2. The number of hydrogen-bond acceptors (Lipinski definition) is 6. The Kier molecular flexibility index (Phi) is 7.13. The lowest BCUT2D eigenvalue weighted by molar-refractivity contribution is 0.361. The Morgan fingerprint density at radius 2 is 1.18 bits per heavy atom. The zero-order valence-corrected chi connectivity index (χ0v) is 12.2. The summed E-state index contributed by atoms with van der Waals surface area (Å²) < 4.78 is 9.31. The fourth-order valence-corrected chi connectivity index (χ4v) is 1.56. The van der Waals surface area contributed by atoms with Gasteiger partial charge < -0.3 is 9.47 Å². The van der Waals surface area contributed by atoms with Crippen LogP contribution in [-0.4, -0.2) is 49.1 Å². The van der Waals surface area contributed by atoms with Crippen LogP contribution in [0.15, 0.2) is 58.8 Å². The monoisotopic (exact) mass is 298 g/mol. The van der Waals surface area contributed by atoms with Gasteiger partial charge in [-0.3, -0.25) is 20.0 Å². The molecular weight excluding hydrogens is 280 g/mol. The summed E-state index contributed by atoms with van der Waals surface area (Å²) in [5.41, 5.74) is 1.83. The van der Waals surface area contributed by atoms with Crippen molar-refractivity contribution in [3.63, 3.8) is 0 Å². The number of aliphatic imine (C=N–C) groups is 2. The van der Waals surface area contributed by atoms with Crippen LogP contribution in [0.3, 0.4) is 0 Å². The number of hydrogen-bond donors (Lipinski definition) is 0. The molecular formula is C16H18N4O2. The molecule has 0 bridgehead atoms. The molecule has 4 heterocycles. The van der Waals surface area contributed by atoms with Gasteiger partial charge in [-0.15, -0.1) is 0 Å². The molecule has 0 spiro atoms. The van der Waals surface area contributed by atoms with Crippen LogP contribution in [0.2, 0.25) is 0 Å². The summed E-state index contributed by atoms with van der Waals surface area (Å²) >= 11 is 0. The number of rotatable bonds is 1. The van der Waals surface area contributed by atoms with Crippen LogP contribution in [0.4, 0.5) is 0 Å². The standard InChI is InChI=1S/C10H8N2.2C3H5NO/c1-3-7-11-9(5-1)10-6-2-4-8-12-10;2*1-2-5-3-4-1/h1-8H;2*3H,1-2H2. The second-order valence-electron chi connectivity index (χ2n) is 4.19. The number of ether oxygens (including phenoxy) is 2. The molecule has 2 aliphatic heterocycles. The summed E-state index contributed by atoms with van der Waals surface area (Å²) in [6.07, 6.45) is 6.51. The third-order valence-electron chi connectivity index (χ3n) is 2.57. The minimum atomic E-state index is 0.778. The fraction of sp³-hybridized carbons (Fsp3) is 0.250. The van der Waals surface area contributed by atoms with E-state index in [2.05, 4.69) is 29.4 Å². The molecule has 2 aromatic heterocycles. The smallest absolute Gasteiger partial charge is 0.169 e. The Morgan fingerprint density at radius 1 is 0.682 bits per heavy atom. The quantitative estimate of drug-likeness (QED) is 0.809. The molecule has 0 aromatic carbocycles. The molecule has 0 atom stereocenters. The van der Waals surface area contributed by atoms with Crippen molar-refractivity contribution < 1.29 is 9.47 Å². The van der Waals surface area contributed by atoms with Crippen LogP contribution in [0, 0.1) is 0 Å². The van der Waals surface area contributed by atoms with E-state index in [1.165, 1.54) is 12.8 Å². The first kappa shape index (κ1) is 15.6. The van der Waals surface area contributed by atoms with Crippen molar-refractivity contribution in [2.24, 2.45) is 9.98 Å². The maximum absolute atomic E-state index is 4.65. The Hall–Kier alpha value is -2.76. The largest absolute Gasteiger partial charge is 0.482 e. The van der Waals surface area contributed by atoms with E-state index in [1.807, 2.05) is 36.4 Å². The van der Waals surface area contributed by atoms with Gasteiger partial charge in [-0.2, -0.15) is 0 Å². The molecule has 0 radical (unpaired) electrons. The second kappa shape index (κ2) is 10.0. The zero-order chi connectivity index (χ0) is 15.3. The summed E-state index contributed by atoms with van der Waals surface area (Å²) in [6, 6.07) is 11.6. The Balaban J connectivity index is 0.000000145. The van der Waals surface area contributed by atoms with Crippen LogP contribution in [0.25, 0.3) is 11.4 Å². The van der Waals surface area contributed by atoms with E-state index in [-0.39, 0.29) is 0 Å². The van der Waals surface area contributed by atoms with Gasteiger partial charge in [0.05, 0.1) is 24.5 Å². The summed E-state index contributed by atoms with van der Waals surface area (Å²) in [7, 11) is 0. The van der Waals surface area contributed by atoms with Gasteiger partial charge in [0, 0.05) is 12.4 Å². The van der Waals surface area contributed by atoms with E-state index in [1.54, 1.807) is 12.4 Å². The van der Waals surface area contributed by atoms with E-state index >= 15 is 0 Å². The van der Waals surface area contributed by atoms with Gasteiger partial charge in [-0.1, -0.05) is 12.1 Å². The molecule has 0 fully saturated rings. The average Bonchev–Trinajstić information content (AvgIpc) is 3.34. The third-order valence-corrected chi connectivity index (χ3v) is 2.57. The molecule has 6 nitrogen and oxygen atoms in total. The van der Waals surface area contributed by atoms with Crippen molar-refractivity contribution in [2.45, 2.75) is 0 Å². The van der Waals surface area contributed by atoms with Crippen LogP contribution in [-0.2, 0) is 9.47 Å². The second-order valence-corrected chi connectivity index (χ2v) is 4.19. The Morgan fingerprint density at radius 3 is 1.41 bits per heavy atom. The van der Waals surface area contributed by atoms with Gasteiger partial charge in [-0.05, 0) is 24.3 Å². The molecule has 4 rings (SSSR count). The lowest BCUT2D eigenvalue weighted by Gasteiger charge is -1.96. The molecule has 0 saturated heterocycles. The molecule has 6 heteroatoms. The number of pyridine rings is 2. The molecule has 2 aromatic rings. The van der Waals surface area contributed by atoms with E-state index < -0.39 is 0 Å². The highest BCUT2D eigenvalue weighted by Crippen LogP contribution is 2.10. The minimum absolute atomic E-state index is 0.778. The normalized spacial score (nSPS) is 14.0. The average molecular weight is 298 g/mol. The van der Waals surface area contributed by atoms with E-state index in [0.717, 1.165) is 37.7 Å². The van der Waals surface area contributed by atoms with Gasteiger partial charge in [0.2, 0.25) is 0 Å². The highest BCUT2D eigenvalue weighted by molar-refractivity contribution is 5.52. The SMILES string of the molecule is C1=NCCO1.C1=NCCO1.c1ccc(-c2ccccn2)nc1. The Labute approximate surface area is 129 Å². The van der Waals surface area contributed by atoms with E-state index in [0.29, 0.717) is 0 Å². The van der Waals surface area contributed by atoms with Gasteiger partial charge in [0.25, 0.3) is 0 Å². The lowest BCUT2D eigenvalue weighted by Crippen LogP contribution is -1.83. The summed E-state index contributed by atoms with van der Waals surface area (Å²) in [6.45, 7) is 3.25. The molecule has 0 amide bonds. The van der Waals surface area contributed by atoms with Crippen LogP contribution in [0.5, 0.6) is 0 Å². The molecule has 114 valence electrons. The lowest BCUT2D eigenvalue weighted by atomic mass is 10.2. The third kappa shape index (κ3) is 6.13.